The van der Waals surface area contributed by atoms with E-state index in [-0.39, 0.29) is 93.9 Å². The number of sulfonamides is 1. The average Bonchev–Trinajstić information content (AvgIpc) is 3.26. The number of hydrogen-bond acceptors (Lipinski definition) is 13. The maximum Gasteiger partial charge on any atom is 0.329 e. The van der Waals surface area contributed by atoms with E-state index in [1.807, 2.05) is 0 Å². The summed E-state index contributed by atoms with van der Waals surface area (Å²) in [6.45, 7) is 0.879. The Morgan fingerprint density at radius 1 is 0.609 bits per heavy atom. The molecule has 0 spiro atoms. The molecule has 1 heterocycles. The summed E-state index contributed by atoms with van der Waals surface area (Å²) < 4.78 is 69.5. The minimum Gasteiger partial charge on any atom is -0.481 e. The Morgan fingerprint density at radius 2 is 1.14 bits per heavy atom. The molecule has 1 aromatic heterocycles. The molecule has 0 fully saturated rings. The molecular weight excluding hydrogens is 858 g/mol. The lowest BCUT2D eigenvalue weighted by Crippen LogP contribution is -2.31. The van der Waals surface area contributed by atoms with Crippen molar-refractivity contribution in [3.63, 3.8) is 0 Å². The lowest BCUT2D eigenvalue weighted by Gasteiger charge is -2.11. The number of carboxylic acids is 2. The first-order valence-corrected chi connectivity index (χ1v) is 23.1. The summed E-state index contributed by atoms with van der Waals surface area (Å²) >= 11 is 0. The lowest BCUT2D eigenvalue weighted by molar-refractivity contribution is -0.143. The van der Waals surface area contributed by atoms with Crippen molar-refractivity contribution in [2.24, 2.45) is 0 Å². The highest BCUT2D eigenvalue weighted by atomic mass is 32.2. The minimum absolute atomic E-state index is 0.0789. The van der Waals surface area contributed by atoms with Crippen LogP contribution in [0.25, 0.3) is 0 Å². The van der Waals surface area contributed by atoms with Gasteiger partial charge < -0.3 is 44.5 Å². The topological polar surface area (TPSA) is 251 Å². The van der Waals surface area contributed by atoms with E-state index in [0.29, 0.717) is 23.5 Å². The fourth-order valence-corrected chi connectivity index (χ4v) is 7.04. The van der Waals surface area contributed by atoms with Gasteiger partial charge in [-0.2, -0.15) is 0 Å². The van der Waals surface area contributed by atoms with Crippen molar-refractivity contribution in [2.75, 3.05) is 70.7 Å². The predicted molar refractivity (Wildman–Crippen MR) is 233 cm³/mol. The second kappa shape index (κ2) is 31.5. The molecule has 0 saturated heterocycles. The Balaban J connectivity index is 1.26. The molecule has 3 aromatic rings. The molecule has 3 rings (SSSR count). The Bertz CT molecular complexity index is 1940. The fourth-order valence-electron chi connectivity index (χ4n) is 6.08. The average molecular weight is 920 g/mol. The number of nitrogens with one attached hydrogen (secondary N) is 3. The molecule has 0 bridgehead atoms. The first-order chi connectivity index (χ1) is 30.9. The van der Waals surface area contributed by atoms with Crippen LogP contribution in [0.5, 0.6) is 11.5 Å². The normalized spacial score (nSPS) is 11.3. The maximum absolute atomic E-state index is 14.6. The summed E-state index contributed by atoms with van der Waals surface area (Å²) in [5.41, 5.74) is 0.653. The van der Waals surface area contributed by atoms with Crippen LogP contribution in [0, 0.1) is 5.82 Å². The van der Waals surface area contributed by atoms with E-state index in [9.17, 15) is 32.0 Å². The Morgan fingerprint density at radius 3 is 1.73 bits per heavy atom. The van der Waals surface area contributed by atoms with E-state index in [2.05, 4.69) is 25.3 Å². The van der Waals surface area contributed by atoms with Crippen LogP contribution in [-0.2, 0) is 49.8 Å². The second-order valence-corrected chi connectivity index (χ2v) is 16.4. The van der Waals surface area contributed by atoms with Gasteiger partial charge in [0.25, 0.3) is 15.9 Å². The van der Waals surface area contributed by atoms with Crippen molar-refractivity contribution in [2.45, 2.75) is 94.8 Å². The van der Waals surface area contributed by atoms with Gasteiger partial charge in [0.1, 0.15) is 30.5 Å². The number of amides is 2. The Kier molecular flexibility index (Phi) is 26.2. The summed E-state index contributed by atoms with van der Waals surface area (Å²) in [5, 5.41) is 22.4. The molecule has 354 valence electrons. The molecule has 20 heteroatoms. The summed E-state index contributed by atoms with van der Waals surface area (Å²) in [6.07, 6.45) is 16.1. The van der Waals surface area contributed by atoms with Crippen molar-refractivity contribution in [1.82, 2.24) is 20.6 Å². The first kappa shape index (κ1) is 53.1. The molecule has 0 unspecified atom stereocenters. The molecule has 0 aliphatic carbocycles. The molecule has 0 atom stereocenters. The monoisotopic (exact) mass is 919 g/mol. The number of unbranched alkanes of at least 4 members (excludes halogenated alkanes) is 11. The fraction of sp³-hybridized carbons (Fsp3) is 0.545. The molecule has 2 amide bonds. The van der Waals surface area contributed by atoms with E-state index >= 15 is 0 Å². The molecule has 0 radical (unpaired) electrons. The van der Waals surface area contributed by atoms with Gasteiger partial charge in [-0.25, -0.2) is 32.3 Å². The zero-order chi connectivity index (χ0) is 46.3. The van der Waals surface area contributed by atoms with Crippen LogP contribution < -0.4 is 20.1 Å². The zero-order valence-corrected chi connectivity index (χ0v) is 37.0. The van der Waals surface area contributed by atoms with Crippen LogP contribution in [0.3, 0.4) is 0 Å². The molecule has 18 nitrogen and oxygen atoms in total. The third-order valence-corrected chi connectivity index (χ3v) is 10.8. The van der Waals surface area contributed by atoms with E-state index in [1.165, 1.54) is 74.5 Å². The van der Waals surface area contributed by atoms with Gasteiger partial charge in [-0.3, -0.25) is 14.4 Å². The van der Waals surface area contributed by atoms with Crippen LogP contribution in [0.1, 0.15) is 99.4 Å². The van der Waals surface area contributed by atoms with Crippen molar-refractivity contribution in [3.05, 3.63) is 71.8 Å². The highest BCUT2D eigenvalue weighted by molar-refractivity contribution is 7.92. The molecular formula is C44H62FN5O13S. The number of carbonyl (C=O) groups is 4. The van der Waals surface area contributed by atoms with E-state index in [4.69, 9.17) is 33.9 Å². The summed E-state index contributed by atoms with van der Waals surface area (Å²) in [6, 6.07) is 10.2. The third kappa shape index (κ3) is 24.0. The summed E-state index contributed by atoms with van der Waals surface area (Å²) in [4.78, 5) is 53.0. The van der Waals surface area contributed by atoms with Crippen LogP contribution in [0.4, 0.5) is 10.3 Å². The molecule has 64 heavy (non-hydrogen) atoms. The number of rotatable bonds is 37. The standard InChI is InChI=1S/C44H62FN5O13S/c45-39-20-17-37(29-34(39)13-11-9-7-5-3-1-2-4-6-8-10-12-14-41(52)53)63-36-15-18-38(19-16-36)64(57,58)50-44-48-30-35(31-49-44)43(56)47-22-24-60-25-27-61-32-40(51)46-21-23-59-26-28-62-33-42(54)55/h15-20,29-31H,1-14,21-28,32-33H2,(H,46,51)(H,47,56)(H,52,53)(H,54,55)(H,48,49,50). The van der Waals surface area contributed by atoms with Crippen LogP contribution >= 0.6 is 0 Å². The number of benzene rings is 2. The number of hydrogen-bond donors (Lipinski definition) is 5. The number of halogens is 1. The van der Waals surface area contributed by atoms with Crippen LogP contribution in [0.2, 0.25) is 0 Å². The number of nitrogens with zero attached hydrogens (tertiary/aromatic N) is 2. The number of carboxylic acid groups (broad SMARTS) is 2. The summed E-state index contributed by atoms with van der Waals surface area (Å²) in [7, 11) is -4.09. The lowest BCUT2D eigenvalue weighted by atomic mass is 10.0. The minimum atomic E-state index is -4.09. The Hall–Kier alpha value is -5.28. The van der Waals surface area contributed by atoms with E-state index in [1.54, 1.807) is 6.07 Å². The smallest absolute Gasteiger partial charge is 0.329 e. The van der Waals surface area contributed by atoms with Crippen molar-refractivity contribution >= 4 is 39.7 Å². The quantitative estimate of drug-likeness (QED) is 0.0422. The molecule has 5 N–H and O–H groups in total. The Labute approximate surface area is 374 Å². The van der Waals surface area contributed by atoms with Crippen LogP contribution in [-0.4, -0.2) is 118 Å². The number of aryl methyl sites for hydroxylation is 1. The van der Waals surface area contributed by atoms with Gasteiger partial charge in [-0.1, -0.05) is 64.2 Å². The first-order valence-electron chi connectivity index (χ1n) is 21.6. The van der Waals surface area contributed by atoms with E-state index < -0.39 is 34.5 Å². The number of ether oxygens (including phenoxy) is 5. The number of aromatic nitrogens is 2. The number of aliphatic carboxylic acids is 2. The van der Waals surface area contributed by atoms with Gasteiger partial charge in [0.15, 0.2) is 0 Å². The van der Waals surface area contributed by atoms with Gasteiger partial charge in [-0.05, 0) is 67.3 Å². The van der Waals surface area contributed by atoms with Gasteiger partial charge in [0.05, 0.1) is 50.1 Å². The summed E-state index contributed by atoms with van der Waals surface area (Å²) in [5.74, 6) is -2.37. The predicted octanol–water partition coefficient (Wildman–Crippen LogP) is 5.90. The van der Waals surface area contributed by atoms with Crippen LogP contribution in [0.15, 0.2) is 59.8 Å². The molecule has 0 aliphatic heterocycles. The zero-order valence-electron chi connectivity index (χ0n) is 36.2. The van der Waals surface area contributed by atoms with Crippen molar-refractivity contribution in [3.8, 4) is 11.5 Å². The SMILES string of the molecule is O=C(O)CCCCCCCCCCCCCCc1cc(Oc2ccc(S(=O)(=O)Nc3ncc(C(=O)NCCOCCOCC(=O)NCCOCCOCC(=O)O)cn3)cc2)ccc1F. The second-order valence-electron chi connectivity index (χ2n) is 14.7. The van der Waals surface area contributed by atoms with Crippen molar-refractivity contribution < 1.29 is 65.9 Å². The molecule has 0 aliphatic rings. The highest BCUT2D eigenvalue weighted by Gasteiger charge is 2.17. The largest absolute Gasteiger partial charge is 0.481 e. The number of carbonyl (C=O) groups excluding carboxylic acids is 2. The maximum atomic E-state index is 14.6. The highest BCUT2D eigenvalue weighted by Crippen LogP contribution is 2.26. The van der Waals surface area contributed by atoms with Crippen molar-refractivity contribution in [1.29, 1.82) is 0 Å². The molecule has 0 saturated carbocycles. The third-order valence-electron chi connectivity index (χ3n) is 9.42. The number of anilines is 1. The van der Waals surface area contributed by atoms with Gasteiger partial charge in [0, 0.05) is 31.9 Å². The van der Waals surface area contributed by atoms with Gasteiger partial charge in [0.2, 0.25) is 11.9 Å². The van der Waals surface area contributed by atoms with Gasteiger partial charge >= 0.3 is 11.9 Å². The van der Waals surface area contributed by atoms with E-state index in [0.717, 1.165) is 51.4 Å². The molecule has 2 aromatic carbocycles. The van der Waals surface area contributed by atoms with Gasteiger partial charge in [-0.15, -0.1) is 0 Å².